The van der Waals surface area contributed by atoms with Crippen molar-refractivity contribution in [2.75, 3.05) is 5.32 Å². The summed E-state index contributed by atoms with van der Waals surface area (Å²) in [5.74, 6) is -0.423. The Balaban J connectivity index is 1.74. The molecule has 0 amide bonds. The predicted octanol–water partition coefficient (Wildman–Crippen LogP) is 3.76. The quantitative estimate of drug-likeness (QED) is 0.318. The van der Waals surface area contributed by atoms with Gasteiger partial charge < -0.3 is 30.0 Å². The standard InChI is InChI=1S/C25H18N2O7S/c1-12(28)31-15-4-7-19-21(10-15)33-22-11-16(32-13(2)29)5-8-20(22)25(19)18-6-3-14(27-24(26)35)9-17(18)23(30)34-25/h3-11H,1-2H3,(H3,26,27,35). The number of thiocarbonyl (C=S) groups is 1. The summed E-state index contributed by atoms with van der Waals surface area (Å²) in [6.07, 6.45) is 0. The normalized spacial score (nSPS) is 14.1. The van der Waals surface area contributed by atoms with E-state index in [2.05, 4.69) is 5.32 Å². The molecule has 3 N–H and O–H groups in total. The van der Waals surface area contributed by atoms with Gasteiger partial charge in [0.15, 0.2) is 10.7 Å². The monoisotopic (exact) mass is 490 g/mol. The highest BCUT2D eigenvalue weighted by atomic mass is 32.1. The predicted molar refractivity (Wildman–Crippen MR) is 128 cm³/mol. The summed E-state index contributed by atoms with van der Waals surface area (Å²) in [6.45, 7) is 2.58. The fourth-order valence-corrected chi connectivity index (χ4v) is 4.49. The molecule has 0 aromatic heterocycles. The van der Waals surface area contributed by atoms with Crippen LogP contribution < -0.4 is 25.3 Å². The third-order valence-corrected chi connectivity index (χ3v) is 5.64. The lowest BCUT2D eigenvalue weighted by Crippen LogP contribution is -2.33. The molecule has 35 heavy (non-hydrogen) atoms. The van der Waals surface area contributed by atoms with Gasteiger partial charge in [-0.25, -0.2) is 4.79 Å². The second-order valence-corrected chi connectivity index (χ2v) is 8.37. The molecule has 5 rings (SSSR count). The lowest BCUT2D eigenvalue weighted by molar-refractivity contribution is -0.132. The molecule has 3 aromatic rings. The number of carbonyl (C=O) groups excluding carboxylic acids is 3. The lowest BCUT2D eigenvalue weighted by Gasteiger charge is -2.36. The Morgan fingerprint density at radius 3 is 1.94 bits per heavy atom. The number of fused-ring (bicyclic) bond motifs is 6. The summed E-state index contributed by atoms with van der Waals surface area (Å²) in [5.41, 5.74) is 6.71. The molecule has 0 radical (unpaired) electrons. The highest BCUT2D eigenvalue weighted by Crippen LogP contribution is 2.57. The van der Waals surface area contributed by atoms with Gasteiger partial charge >= 0.3 is 17.9 Å². The Kier molecular flexibility index (Phi) is 5.17. The molecule has 176 valence electrons. The highest BCUT2D eigenvalue weighted by Gasteiger charge is 2.53. The minimum absolute atomic E-state index is 0.0591. The van der Waals surface area contributed by atoms with Crippen LogP contribution in [0.2, 0.25) is 0 Å². The summed E-state index contributed by atoms with van der Waals surface area (Å²) in [5, 5.41) is 2.87. The largest absolute Gasteiger partial charge is 0.456 e. The second kappa shape index (κ2) is 8.10. The number of hydrogen-bond acceptors (Lipinski definition) is 8. The average Bonchev–Trinajstić information content (AvgIpc) is 3.04. The van der Waals surface area contributed by atoms with Crippen LogP contribution >= 0.6 is 12.2 Å². The topological polar surface area (TPSA) is 126 Å². The summed E-state index contributed by atoms with van der Waals surface area (Å²) in [4.78, 5) is 36.1. The van der Waals surface area contributed by atoms with Gasteiger partial charge in [-0.05, 0) is 48.6 Å². The van der Waals surface area contributed by atoms with Crippen LogP contribution in [0, 0.1) is 0 Å². The molecule has 0 fully saturated rings. The number of anilines is 1. The number of hydrogen-bond donors (Lipinski definition) is 2. The molecule has 2 aliphatic heterocycles. The number of carbonyl (C=O) groups is 3. The molecule has 2 heterocycles. The van der Waals surface area contributed by atoms with Crippen molar-refractivity contribution in [3.8, 4) is 23.0 Å². The molecule has 0 saturated carbocycles. The van der Waals surface area contributed by atoms with E-state index in [0.29, 0.717) is 39.4 Å². The van der Waals surface area contributed by atoms with E-state index in [0.717, 1.165) is 0 Å². The van der Waals surface area contributed by atoms with E-state index in [1.807, 2.05) is 0 Å². The molecule has 0 atom stereocenters. The van der Waals surface area contributed by atoms with Gasteiger partial charge in [0, 0.05) is 48.4 Å². The number of benzene rings is 3. The minimum Gasteiger partial charge on any atom is -0.456 e. The minimum atomic E-state index is -1.36. The first-order chi connectivity index (χ1) is 16.7. The number of rotatable bonds is 3. The smallest absolute Gasteiger partial charge is 0.340 e. The molecular formula is C25H18N2O7S. The van der Waals surface area contributed by atoms with E-state index < -0.39 is 23.5 Å². The van der Waals surface area contributed by atoms with Crippen LogP contribution in [-0.4, -0.2) is 23.0 Å². The van der Waals surface area contributed by atoms with Crippen molar-refractivity contribution < 1.29 is 33.3 Å². The van der Waals surface area contributed by atoms with Gasteiger partial charge in [-0.2, -0.15) is 0 Å². The third kappa shape index (κ3) is 3.73. The van der Waals surface area contributed by atoms with E-state index >= 15 is 0 Å². The Labute approximate surface area is 204 Å². The van der Waals surface area contributed by atoms with Crippen LogP contribution in [0.5, 0.6) is 23.0 Å². The maximum atomic E-state index is 13.1. The summed E-state index contributed by atoms with van der Waals surface area (Å²) in [6, 6.07) is 14.7. The molecule has 0 aliphatic carbocycles. The zero-order valence-electron chi connectivity index (χ0n) is 18.5. The summed E-state index contributed by atoms with van der Waals surface area (Å²) >= 11 is 4.90. The zero-order valence-corrected chi connectivity index (χ0v) is 19.4. The van der Waals surface area contributed by atoms with E-state index in [-0.39, 0.29) is 16.6 Å². The number of esters is 3. The number of nitrogens with one attached hydrogen (secondary N) is 1. The van der Waals surface area contributed by atoms with Crippen molar-refractivity contribution >= 4 is 40.9 Å². The molecule has 10 heteroatoms. The van der Waals surface area contributed by atoms with E-state index in [1.165, 1.54) is 26.0 Å². The molecular weight excluding hydrogens is 472 g/mol. The van der Waals surface area contributed by atoms with Crippen LogP contribution in [0.1, 0.15) is 40.9 Å². The molecule has 0 saturated heterocycles. The summed E-state index contributed by atoms with van der Waals surface area (Å²) in [7, 11) is 0. The van der Waals surface area contributed by atoms with Crippen LogP contribution in [-0.2, 0) is 19.9 Å². The number of nitrogens with two attached hydrogens (primary N) is 1. The Morgan fingerprint density at radius 2 is 1.43 bits per heavy atom. The van der Waals surface area contributed by atoms with Crippen molar-refractivity contribution in [1.29, 1.82) is 0 Å². The van der Waals surface area contributed by atoms with Gasteiger partial charge in [-0.3, -0.25) is 9.59 Å². The Bertz CT molecular complexity index is 1380. The third-order valence-electron chi connectivity index (χ3n) is 5.54. The maximum absolute atomic E-state index is 13.1. The molecule has 9 nitrogen and oxygen atoms in total. The van der Waals surface area contributed by atoms with E-state index in [4.69, 9.17) is 36.9 Å². The molecule has 2 aliphatic rings. The van der Waals surface area contributed by atoms with Gasteiger partial charge in [0.1, 0.15) is 23.0 Å². The zero-order chi connectivity index (χ0) is 24.9. The van der Waals surface area contributed by atoms with Crippen LogP contribution in [0.15, 0.2) is 54.6 Å². The fraction of sp³-hybridized carbons (Fsp3) is 0.120. The average molecular weight is 490 g/mol. The molecule has 1 spiro atoms. The van der Waals surface area contributed by atoms with Crippen molar-refractivity contribution in [2.45, 2.75) is 19.4 Å². The molecule has 3 aromatic carbocycles. The van der Waals surface area contributed by atoms with Crippen molar-refractivity contribution in [3.05, 3.63) is 76.9 Å². The molecule has 0 bridgehead atoms. The Hall–Kier alpha value is -4.44. The number of ether oxygens (including phenoxy) is 4. The van der Waals surface area contributed by atoms with Crippen LogP contribution in [0.4, 0.5) is 5.69 Å². The Morgan fingerprint density at radius 1 is 0.886 bits per heavy atom. The van der Waals surface area contributed by atoms with Gasteiger partial charge in [0.25, 0.3) is 0 Å². The SMILES string of the molecule is CC(=O)Oc1ccc2c(c1)Oc1cc(OC(C)=O)ccc1C21OC(=O)c2cc(NC(N)=S)ccc21. The maximum Gasteiger partial charge on any atom is 0.340 e. The van der Waals surface area contributed by atoms with Crippen LogP contribution in [0.25, 0.3) is 0 Å². The van der Waals surface area contributed by atoms with Crippen molar-refractivity contribution in [1.82, 2.24) is 0 Å². The van der Waals surface area contributed by atoms with Crippen molar-refractivity contribution in [3.63, 3.8) is 0 Å². The van der Waals surface area contributed by atoms with Gasteiger partial charge in [-0.1, -0.05) is 6.07 Å². The van der Waals surface area contributed by atoms with Gasteiger partial charge in [-0.15, -0.1) is 0 Å². The summed E-state index contributed by atoms with van der Waals surface area (Å²) < 4.78 is 22.6. The second-order valence-electron chi connectivity index (χ2n) is 7.93. The van der Waals surface area contributed by atoms with Crippen molar-refractivity contribution in [2.24, 2.45) is 5.73 Å². The fourth-order valence-electron chi connectivity index (χ4n) is 4.37. The van der Waals surface area contributed by atoms with E-state index in [9.17, 15) is 14.4 Å². The highest BCUT2D eigenvalue weighted by molar-refractivity contribution is 7.80. The van der Waals surface area contributed by atoms with Crippen LogP contribution in [0.3, 0.4) is 0 Å². The molecule has 0 unspecified atom stereocenters. The van der Waals surface area contributed by atoms with Gasteiger partial charge in [0.05, 0.1) is 5.56 Å². The first kappa shape index (κ1) is 22.4. The lowest BCUT2D eigenvalue weighted by atomic mass is 9.77. The first-order valence-corrected chi connectivity index (χ1v) is 10.9. The van der Waals surface area contributed by atoms with E-state index in [1.54, 1.807) is 42.5 Å². The van der Waals surface area contributed by atoms with Gasteiger partial charge in [0.2, 0.25) is 0 Å². The first-order valence-electron chi connectivity index (χ1n) is 10.5.